The van der Waals surface area contributed by atoms with Gasteiger partial charge in [0.25, 0.3) is 0 Å². The van der Waals surface area contributed by atoms with Crippen molar-refractivity contribution in [3.05, 3.63) is 71.4 Å². The number of carbonyl (C=O) groups is 1. The molecule has 0 saturated heterocycles. The molecule has 2 N–H and O–H groups in total. The molecule has 2 amide bonds. The monoisotopic (exact) mass is 611 g/mol. The predicted octanol–water partition coefficient (Wildman–Crippen LogP) is 5.09. The molecule has 2 aliphatic carbocycles. The Bertz CT molecular complexity index is 1610. The number of sulfonamides is 1. The van der Waals surface area contributed by atoms with E-state index in [1.165, 1.54) is 41.3 Å². The molecule has 3 aliphatic rings. The van der Waals surface area contributed by atoms with E-state index in [1.807, 2.05) is 0 Å². The van der Waals surface area contributed by atoms with Gasteiger partial charge in [-0.05, 0) is 88.5 Å². The van der Waals surface area contributed by atoms with E-state index >= 15 is 4.39 Å². The van der Waals surface area contributed by atoms with Crippen LogP contribution in [0.1, 0.15) is 49.7 Å². The van der Waals surface area contributed by atoms with Crippen LogP contribution in [0.3, 0.4) is 0 Å². The summed E-state index contributed by atoms with van der Waals surface area (Å²) in [5.74, 6) is -0.666. The molecule has 0 radical (unpaired) electrons. The average Bonchev–Trinajstić information content (AvgIpc) is 3.80. The van der Waals surface area contributed by atoms with Crippen molar-refractivity contribution in [3.63, 3.8) is 0 Å². The number of halogens is 2. The summed E-state index contributed by atoms with van der Waals surface area (Å²) in [6.07, 6.45) is 7.66. The van der Waals surface area contributed by atoms with Crippen LogP contribution in [-0.4, -0.2) is 61.5 Å². The number of nitrogens with zero attached hydrogens (tertiary/aromatic N) is 5. The summed E-state index contributed by atoms with van der Waals surface area (Å²) in [6.45, 7) is 0.153. The van der Waals surface area contributed by atoms with E-state index in [0.717, 1.165) is 50.2 Å². The van der Waals surface area contributed by atoms with Crippen LogP contribution in [-0.2, 0) is 22.3 Å². The van der Waals surface area contributed by atoms with Gasteiger partial charge in [0.15, 0.2) is 0 Å². The summed E-state index contributed by atoms with van der Waals surface area (Å²) >= 11 is 0. The van der Waals surface area contributed by atoms with Crippen LogP contribution in [0.2, 0.25) is 0 Å². The minimum absolute atomic E-state index is 0.00900. The summed E-state index contributed by atoms with van der Waals surface area (Å²) in [6, 6.07) is 9.55. The predicted molar refractivity (Wildman–Crippen MR) is 162 cm³/mol. The summed E-state index contributed by atoms with van der Waals surface area (Å²) in [5.41, 5.74) is 1.16. The zero-order valence-corrected chi connectivity index (χ0v) is 24.9. The van der Waals surface area contributed by atoms with Gasteiger partial charge in [-0.25, -0.2) is 27.0 Å². The Hall–Kier alpha value is -3.84. The molecule has 43 heavy (non-hydrogen) atoms. The van der Waals surface area contributed by atoms with Crippen LogP contribution in [0, 0.1) is 11.6 Å². The number of nitrogens with one attached hydrogen (secondary N) is 2. The minimum atomic E-state index is -3.97. The zero-order chi connectivity index (χ0) is 30.3. The lowest BCUT2D eigenvalue weighted by molar-refractivity contribution is 0.221. The molecule has 1 aromatic heterocycles. The fourth-order valence-electron chi connectivity index (χ4n) is 5.79. The highest BCUT2D eigenvalue weighted by Gasteiger charge is 2.42. The molecule has 0 spiro atoms. The van der Waals surface area contributed by atoms with Crippen molar-refractivity contribution < 1.29 is 22.0 Å². The van der Waals surface area contributed by atoms with Gasteiger partial charge in [-0.3, -0.25) is 14.5 Å². The average molecular weight is 612 g/mol. The van der Waals surface area contributed by atoms with Gasteiger partial charge in [0.2, 0.25) is 16.0 Å². The second-order valence-corrected chi connectivity index (χ2v) is 13.5. The SMILES string of the molecule is CN(C)C1CCC(Nc2ncc3c(n2)N(C2CC2)C(=O)N(c2ccc(NS(=O)(=O)Cc4ccc(F)cc4)c(F)c2)C3)CC1. The Kier molecular flexibility index (Phi) is 7.94. The minimum Gasteiger partial charge on any atom is -0.351 e. The fourth-order valence-corrected chi connectivity index (χ4v) is 6.99. The maximum atomic E-state index is 15.2. The Morgan fingerprint density at radius 3 is 2.37 bits per heavy atom. The van der Waals surface area contributed by atoms with E-state index in [4.69, 9.17) is 4.98 Å². The van der Waals surface area contributed by atoms with Crippen molar-refractivity contribution >= 4 is 39.2 Å². The van der Waals surface area contributed by atoms with E-state index in [2.05, 4.69) is 34.0 Å². The first kappa shape index (κ1) is 29.2. The van der Waals surface area contributed by atoms with Gasteiger partial charge in [-0.2, -0.15) is 4.98 Å². The second kappa shape index (κ2) is 11.7. The fraction of sp³-hybridized carbons (Fsp3) is 0.433. The lowest BCUT2D eigenvalue weighted by atomic mass is 9.91. The molecule has 228 valence electrons. The van der Waals surface area contributed by atoms with Gasteiger partial charge < -0.3 is 10.2 Å². The molecular formula is C30H35F2N7O3S. The van der Waals surface area contributed by atoms with Crippen molar-refractivity contribution in [1.29, 1.82) is 0 Å². The van der Waals surface area contributed by atoms with Crippen LogP contribution in [0.4, 0.5) is 36.7 Å². The van der Waals surface area contributed by atoms with Gasteiger partial charge in [0.05, 0.1) is 18.0 Å². The summed E-state index contributed by atoms with van der Waals surface area (Å²) < 4.78 is 55.9. The lowest BCUT2D eigenvalue weighted by Gasteiger charge is -2.37. The van der Waals surface area contributed by atoms with E-state index in [1.54, 1.807) is 11.1 Å². The van der Waals surface area contributed by atoms with Crippen LogP contribution in [0.15, 0.2) is 48.7 Å². The normalized spacial score (nSPS) is 20.7. The van der Waals surface area contributed by atoms with Crippen molar-refractivity contribution in [2.75, 3.05) is 33.9 Å². The summed E-state index contributed by atoms with van der Waals surface area (Å²) in [5, 5.41) is 3.46. The molecule has 13 heteroatoms. The molecule has 2 saturated carbocycles. The van der Waals surface area contributed by atoms with Gasteiger partial charge in [0.1, 0.15) is 17.5 Å². The number of hydrogen-bond acceptors (Lipinski definition) is 7. The molecule has 3 aromatic rings. The maximum Gasteiger partial charge on any atom is 0.330 e. The number of hydrogen-bond donors (Lipinski definition) is 2. The van der Waals surface area contributed by atoms with E-state index in [-0.39, 0.29) is 30.3 Å². The molecule has 2 heterocycles. The zero-order valence-electron chi connectivity index (χ0n) is 24.1. The quantitative estimate of drug-likeness (QED) is 0.347. The summed E-state index contributed by atoms with van der Waals surface area (Å²) in [7, 11) is 0.251. The third kappa shape index (κ3) is 6.57. The third-order valence-electron chi connectivity index (χ3n) is 8.31. The second-order valence-electron chi connectivity index (χ2n) is 11.8. The van der Waals surface area contributed by atoms with E-state index in [9.17, 15) is 17.6 Å². The molecule has 0 bridgehead atoms. The van der Waals surface area contributed by atoms with Crippen molar-refractivity contribution in [2.45, 2.75) is 68.9 Å². The Balaban J connectivity index is 1.18. The smallest absolute Gasteiger partial charge is 0.330 e. The Morgan fingerprint density at radius 1 is 1.00 bits per heavy atom. The van der Waals surface area contributed by atoms with Crippen LogP contribution < -0.4 is 19.8 Å². The summed E-state index contributed by atoms with van der Waals surface area (Å²) in [4.78, 5) is 28.4. The first-order valence-electron chi connectivity index (χ1n) is 14.5. The van der Waals surface area contributed by atoms with Crippen molar-refractivity contribution in [1.82, 2.24) is 14.9 Å². The van der Waals surface area contributed by atoms with E-state index < -0.39 is 27.4 Å². The number of fused-ring (bicyclic) bond motifs is 1. The molecule has 6 rings (SSSR count). The Morgan fingerprint density at radius 2 is 1.72 bits per heavy atom. The maximum absolute atomic E-state index is 15.2. The number of anilines is 4. The largest absolute Gasteiger partial charge is 0.351 e. The van der Waals surface area contributed by atoms with Gasteiger partial charge >= 0.3 is 6.03 Å². The molecule has 10 nitrogen and oxygen atoms in total. The molecular weight excluding hydrogens is 576 g/mol. The highest BCUT2D eigenvalue weighted by molar-refractivity contribution is 7.91. The van der Waals surface area contributed by atoms with Crippen LogP contribution in [0.5, 0.6) is 0 Å². The number of benzene rings is 2. The number of carbonyl (C=O) groups excluding carboxylic acids is 1. The van der Waals surface area contributed by atoms with Crippen LogP contribution in [0.25, 0.3) is 0 Å². The first-order chi connectivity index (χ1) is 20.6. The van der Waals surface area contributed by atoms with Gasteiger partial charge in [-0.15, -0.1) is 0 Å². The molecule has 2 fully saturated rings. The van der Waals surface area contributed by atoms with Crippen LogP contribution >= 0.6 is 0 Å². The lowest BCUT2D eigenvalue weighted by Crippen LogP contribution is -2.49. The highest BCUT2D eigenvalue weighted by Crippen LogP contribution is 2.39. The standard InChI is InChI=1S/C30H35F2N7O3S/c1-37(2)23-9-7-22(8-10-23)34-29-33-16-20-17-38(30(40)39(24-11-12-24)28(20)35-29)25-13-14-27(26(32)15-25)36-43(41,42)18-19-3-5-21(31)6-4-19/h3-6,13-16,22-24,36H,7-12,17-18H2,1-2H3,(H,33,34,35). The van der Waals surface area contributed by atoms with Crippen molar-refractivity contribution in [2.24, 2.45) is 0 Å². The number of rotatable bonds is 9. The van der Waals surface area contributed by atoms with Gasteiger partial charge in [-0.1, -0.05) is 12.1 Å². The van der Waals surface area contributed by atoms with Crippen molar-refractivity contribution in [3.8, 4) is 0 Å². The third-order valence-corrected chi connectivity index (χ3v) is 9.55. The topological polar surface area (TPSA) is 111 Å². The first-order valence-corrected chi connectivity index (χ1v) is 16.2. The number of urea groups is 1. The molecule has 0 unspecified atom stereocenters. The number of amides is 2. The van der Waals surface area contributed by atoms with E-state index in [0.29, 0.717) is 29.1 Å². The number of aromatic nitrogens is 2. The molecule has 1 aliphatic heterocycles. The Labute approximate surface area is 250 Å². The van der Waals surface area contributed by atoms with Gasteiger partial charge in [0, 0.05) is 35.6 Å². The molecule has 2 aromatic carbocycles. The molecule has 0 atom stereocenters. The highest BCUT2D eigenvalue weighted by atomic mass is 32.2.